The van der Waals surface area contributed by atoms with Crippen molar-refractivity contribution in [1.29, 1.82) is 0 Å². The van der Waals surface area contributed by atoms with E-state index in [-0.39, 0.29) is 36.9 Å². The Morgan fingerprint density at radius 3 is 2.86 bits per heavy atom. The number of nitrogens with zero attached hydrogens (tertiary/aromatic N) is 3. The molecule has 0 spiro atoms. The molecule has 4 atom stereocenters. The number of hydrogen-bond donors (Lipinski definition) is 3. The Balaban J connectivity index is 1.62. The van der Waals surface area contributed by atoms with Crippen molar-refractivity contribution in [1.82, 2.24) is 20.3 Å². The number of nitrogens with one attached hydrogen (secondary N) is 1. The fourth-order valence-electron chi connectivity index (χ4n) is 3.74. The van der Waals surface area contributed by atoms with Gasteiger partial charge in [0.05, 0.1) is 17.8 Å². The molecule has 0 saturated heterocycles. The van der Waals surface area contributed by atoms with Crippen molar-refractivity contribution in [3.63, 3.8) is 0 Å². The highest BCUT2D eigenvalue weighted by Gasteiger charge is 2.51. The molecule has 8 nitrogen and oxygen atoms in total. The summed E-state index contributed by atoms with van der Waals surface area (Å²) < 4.78 is 1.42. The van der Waals surface area contributed by atoms with Crippen LogP contribution in [0.1, 0.15) is 25.0 Å². The van der Waals surface area contributed by atoms with E-state index in [1.807, 2.05) is 0 Å². The molecule has 2 saturated carbocycles. The topological polar surface area (TPSA) is 123 Å². The van der Waals surface area contributed by atoms with Crippen molar-refractivity contribution >= 4 is 11.9 Å². The van der Waals surface area contributed by atoms with Crippen LogP contribution in [0.4, 0.5) is 0 Å². The van der Waals surface area contributed by atoms with E-state index in [4.69, 9.17) is 5.73 Å². The minimum absolute atomic E-state index is 0.0349. The first-order valence-corrected chi connectivity index (χ1v) is 7.19. The molecule has 1 heterocycles. The van der Waals surface area contributed by atoms with Gasteiger partial charge < -0.3 is 16.2 Å². The van der Waals surface area contributed by atoms with Gasteiger partial charge in [-0.05, 0) is 31.1 Å². The van der Waals surface area contributed by atoms with Crippen LogP contribution in [-0.2, 0) is 22.7 Å². The Bertz CT molecular complexity index is 558. The predicted molar refractivity (Wildman–Crippen MR) is 71.8 cm³/mol. The third-order valence-electron chi connectivity index (χ3n) is 4.63. The number of fused-ring (bicyclic) bond motifs is 2. The van der Waals surface area contributed by atoms with Crippen molar-refractivity contribution in [2.24, 2.45) is 23.5 Å². The molecule has 2 aliphatic carbocycles. The number of carbonyl (C=O) groups is 2. The SMILES string of the molecule is NCc1cn(CC(=O)NC2C3CCC(C3)C2C(=O)O)nn1. The minimum atomic E-state index is -0.807. The van der Waals surface area contributed by atoms with Gasteiger partial charge in [-0.1, -0.05) is 5.21 Å². The van der Waals surface area contributed by atoms with E-state index < -0.39 is 11.9 Å². The van der Waals surface area contributed by atoms with Crippen molar-refractivity contribution in [3.05, 3.63) is 11.9 Å². The minimum Gasteiger partial charge on any atom is -0.481 e. The van der Waals surface area contributed by atoms with E-state index in [0.29, 0.717) is 5.69 Å². The van der Waals surface area contributed by atoms with E-state index in [2.05, 4.69) is 15.6 Å². The average molecular weight is 293 g/mol. The third kappa shape index (κ3) is 2.63. The summed E-state index contributed by atoms with van der Waals surface area (Å²) in [5, 5.41) is 19.9. The van der Waals surface area contributed by atoms with Gasteiger partial charge in [-0.25, -0.2) is 4.68 Å². The first-order valence-electron chi connectivity index (χ1n) is 7.19. The summed E-state index contributed by atoms with van der Waals surface area (Å²) in [6.45, 7) is 0.308. The molecule has 0 aliphatic heterocycles. The summed E-state index contributed by atoms with van der Waals surface area (Å²) in [5.41, 5.74) is 6.05. The van der Waals surface area contributed by atoms with E-state index in [0.717, 1.165) is 19.3 Å². The Labute approximate surface area is 121 Å². The van der Waals surface area contributed by atoms with E-state index in [9.17, 15) is 14.7 Å². The predicted octanol–water partition coefficient (Wildman–Crippen LogP) is -0.648. The van der Waals surface area contributed by atoms with Crippen molar-refractivity contribution < 1.29 is 14.7 Å². The fraction of sp³-hybridized carbons (Fsp3) is 0.692. The maximum Gasteiger partial charge on any atom is 0.308 e. The first-order chi connectivity index (χ1) is 10.1. The third-order valence-corrected chi connectivity index (χ3v) is 4.63. The van der Waals surface area contributed by atoms with Gasteiger partial charge in [0.25, 0.3) is 0 Å². The molecular formula is C13H19N5O3. The summed E-state index contributed by atoms with van der Waals surface area (Å²) in [6.07, 6.45) is 4.48. The van der Waals surface area contributed by atoms with Crippen LogP contribution in [0.15, 0.2) is 6.20 Å². The number of nitrogens with two attached hydrogens (primary N) is 1. The Morgan fingerprint density at radius 1 is 1.43 bits per heavy atom. The second-order valence-electron chi connectivity index (χ2n) is 5.90. The Kier molecular flexibility index (Phi) is 3.62. The summed E-state index contributed by atoms with van der Waals surface area (Å²) in [7, 11) is 0. The van der Waals surface area contributed by atoms with Crippen LogP contribution in [0.2, 0.25) is 0 Å². The van der Waals surface area contributed by atoms with Crippen LogP contribution >= 0.6 is 0 Å². The summed E-state index contributed by atoms with van der Waals surface area (Å²) in [6, 6.07) is -0.258. The molecule has 2 fully saturated rings. The summed E-state index contributed by atoms with van der Waals surface area (Å²) in [4.78, 5) is 23.5. The molecule has 0 aromatic carbocycles. The monoisotopic (exact) mass is 293 g/mol. The maximum absolute atomic E-state index is 12.1. The number of amides is 1. The van der Waals surface area contributed by atoms with Crippen LogP contribution < -0.4 is 11.1 Å². The van der Waals surface area contributed by atoms with Crippen LogP contribution in [0.25, 0.3) is 0 Å². The summed E-state index contributed by atoms with van der Waals surface area (Å²) in [5.74, 6) is -1.00. The van der Waals surface area contributed by atoms with Gasteiger partial charge in [0.1, 0.15) is 6.54 Å². The van der Waals surface area contributed by atoms with Gasteiger partial charge in [0, 0.05) is 12.6 Å². The van der Waals surface area contributed by atoms with Gasteiger partial charge >= 0.3 is 5.97 Å². The normalized spacial score (nSPS) is 30.5. The molecule has 21 heavy (non-hydrogen) atoms. The van der Waals surface area contributed by atoms with Crippen molar-refractivity contribution in [3.8, 4) is 0 Å². The Morgan fingerprint density at radius 2 is 2.19 bits per heavy atom. The average Bonchev–Trinajstić information content (AvgIpc) is 3.13. The molecule has 4 N–H and O–H groups in total. The molecule has 1 amide bonds. The number of aliphatic carboxylic acids is 1. The van der Waals surface area contributed by atoms with Crippen molar-refractivity contribution in [2.45, 2.75) is 38.4 Å². The molecular weight excluding hydrogens is 274 g/mol. The van der Waals surface area contributed by atoms with Crippen molar-refractivity contribution in [2.75, 3.05) is 0 Å². The summed E-state index contributed by atoms with van der Waals surface area (Å²) >= 11 is 0. The molecule has 2 bridgehead atoms. The highest BCUT2D eigenvalue weighted by atomic mass is 16.4. The smallest absolute Gasteiger partial charge is 0.308 e. The zero-order valence-electron chi connectivity index (χ0n) is 11.6. The quantitative estimate of drug-likeness (QED) is 0.663. The van der Waals surface area contributed by atoms with Gasteiger partial charge in [0.2, 0.25) is 5.91 Å². The fourth-order valence-corrected chi connectivity index (χ4v) is 3.74. The molecule has 0 radical (unpaired) electrons. The first kappa shape index (κ1) is 14.0. The second kappa shape index (κ2) is 5.44. The van der Waals surface area contributed by atoms with Crippen LogP contribution in [0.3, 0.4) is 0 Å². The number of carbonyl (C=O) groups excluding carboxylic acids is 1. The maximum atomic E-state index is 12.1. The van der Waals surface area contributed by atoms with Crippen LogP contribution in [0, 0.1) is 17.8 Å². The standard InChI is InChI=1S/C13H19N5O3/c14-4-9-5-18(17-16-9)6-10(19)15-12-8-2-1-7(3-8)11(12)13(20)21/h5,7-8,11-12H,1-4,6,14H2,(H,15,19)(H,20,21). The lowest BCUT2D eigenvalue weighted by Gasteiger charge is -2.28. The van der Waals surface area contributed by atoms with Gasteiger partial charge in [-0.3, -0.25) is 9.59 Å². The lowest BCUT2D eigenvalue weighted by atomic mass is 9.84. The second-order valence-corrected chi connectivity index (χ2v) is 5.90. The lowest BCUT2D eigenvalue weighted by molar-refractivity contribution is -0.144. The van der Waals surface area contributed by atoms with Crippen LogP contribution in [0.5, 0.6) is 0 Å². The zero-order chi connectivity index (χ0) is 15.0. The number of rotatable bonds is 5. The van der Waals surface area contributed by atoms with Gasteiger partial charge in [0.15, 0.2) is 0 Å². The molecule has 114 valence electrons. The van der Waals surface area contributed by atoms with E-state index >= 15 is 0 Å². The molecule has 2 aliphatic rings. The molecule has 8 heteroatoms. The Hall–Kier alpha value is -1.96. The number of aromatic nitrogens is 3. The molecule has 4 unspecified atom stereocenters. The number of carboxylic acids is 1. The van der Waals surface area contributed by atoms with E-state index in [1.54, 1.807) is 6.20 Å². The van der Waals surface area contributed by atoms with E-state index in [1.165, 1.54) is 4.68 Å². The molecule has 1 aromatic heterocycles. The van der Waals surface area contributed by atoms with Crippen LogP contribution in [-0.4, -0.2) is 38.0 Å². The number of carboxylic acid groups (broad SMARTS) is 1. The zero-order valence-corrected chi connectivity index (χ0v) is 11.6. The highest BCUT2D eigenvalue weighted by Crippen LogP contribution is 2.48. The van der Waals surface area contributed by atoms with Gasteiger partial charge in [-0.15, -0.1) is 5.10 Å². The highest BCUT2D eigenvalue weighted by molar-refractivity contribution is 5.78. The molecule has 1 aromatic rings. The number of hydrogen-bond acceptors (Lipinski definition) is 5. The molecule has 3 rings (SSSR count). The lowest BCUT2D eigenvalue weighted by Crippen LogP contribution is -2.47. The largest absolute Gasteiger partial charge is 0.481 e. The van der Waals surface area contributed by atoms with Gasteiger partial charge in [-0.2, -0.15) is 0 Å².